The van der Waals surface area contributed by atoms with Gasteiger partial charge < -0.3 is 14.7 Å². The van der Waals surface area contributed by atoms with E-state index in [-0.39, 0.29) is 11.7 Å². The summed E-state index contributed by atoms with van der Waals surface area (Å²) in [4.78, 5) is 30.7. The van der Waals surface area contributed by atoms with Crippen molar-refractivity contribution in [3.63, 3.8) is 0 Å². The largest absolute Gasteiger partial charge is 0.370 e. The Bertz CT molecular complexity index is 739. The first-order valence-electron chi connectivity index (χ1n) is 9.74. The van der Waals surface area contributed by atoms with Crippen LogP contribution in [0.4, 0.5) is 5.69 Å². The number of piperazine rings is 1. The number of ketones is 1. The molecule has 0 spiro atoms. The molecule has 6 nitrogen and oxygen atoms in total. The predicted molar refractivity (Wildman–Crippen MR) is 105 cm³/mol. The molecule has 2 fully saturated rings. The number of likely N-dealkylation sites (N-methyl/N-ethyl adjacent to an activating group) is 1. The topological polar surface area (TPSA) is 67.6 Å². The molecular weight excluding hydrogens is 340 g/mol. The Kier molecular flexibility index (Phi) is 6.12. The zero-order chi connectivity index (χ0) is 19.4. The molecule has 1 aromatic carbocycles. The molecular formula is C21H28N4O2. The summed E-state index contributed by atoms with van der Waals surface area (Å²) >= 11 is 0. The lowest BCUT2D eigenvalue weighted by molar-refractivity contribution is -0.133. The minimum Gasteiger partial charge on any atom is -0.370 e. The van der Waals surface area contributed by atoms with Gasteiger partial charge in [-0.2, -0.15) is 5.26 Å². The van der Waals surface area contributed by atoms with Crippen molar-refractivity contribution in [2.45, 2.75) is 26.2 Å². The summed E-state index contributed by atoms with van der Waals surface area (Å²) in [6, 6.07) is 7.51. The Balaban J connectivity index is 1.57. The number of Topliss-reactive ketones (excluding diaryl/α,β-unsaturated/α-hetero) is 1. The maximum absolute atomic E-state index is 12.6. The smallest absolute Gasteiger partial charge is 0.222 e. The van der Waals surface area contributed by atoms with Gasteiger partial charge in [-0.05, 0) is 50.9 Å². The van der Waals surface area contributed by atoms with Gasteiger partial charge in [0.05, 0.1) is 11.3 Å². The molecule has 2 saturated heterocycles. The first-order valence-corrected chi connectivity index (χ1v) is 9.74. The molecule has 3 rings (SSSR count). The lowest BCUT2D eigenvalue weighted by Crippen LogP contribution is -2.47. The molecule has 0 unspecified atom stereocenters. The molecule has 0 aliphatic carbocycles. The second kappa shape index (κ2) is 8.53. The van der Waals surface area contributed by atoms with Crippen LogP contribution in [0.15, 0.2) is 18.2 Å². The van der Waals surface area contributed by atoms with Crippen LogP contribution in [-0.2, 0) is 4.79 Å². The van der Waals surface area contributed by atoms with E-state index < -0.39 is 0 Å². The van der Waals surface area contributed by atoms with Crippen LogP contribution in [0.5, 0.6) is 0 Å². The van der Waals surface area contributed by atoms with Gasteiger partial charge in [-0.15, -0.1) is 0 Å². The van der Waals surface area contributed by atoms with Crippen LogP contribution in [0.1, 0.15) is 42.1 Å². The Morgan fingerprint density at radius 2 is 1.78 bits per heavy atom. The van der Waals surface area contributed by atoms with Crippen molar-refractivity contribution in [1.29, 1.82) is 5.26 Å². The van der Waals surface area contributed by atoms with E-state index in [1.54, 1.807) is 19.1 Å². The lowest BCUT2D eigenvalue weighted by Gasteiger charge is -2.36. The Morgan fingerprint density at radius 3 is 2.37 bits per heavy atom. The van der Waals surface area contributed by atoms with Gasteiger partial charge in [-0.3, -0.25) is 9.59 Å². The van der Waals surface area contributed by atoms with E-state index >= 15 is 0 Å². The van der Waals surface area contributed by atoms with Gasteiger partial charge >= 0.3 is 0 Å². The zero-order valence-electron chi connectivity index (χ0n) is 16.3. The van der Waals surface area contributed by atoms with Crippen molar-refractivity contribution in [1.82, 2.24) is 9.80 Å². The first-order chi connectivity index (χ1) is 13.0. The van der Waals surface area contributed by atoms with Crippen molar-refractivity contribution < 1.29 is 9.59 Å². The van der Waals surface area contributed by atoms with E-state index in [1.807, 2.05) is 11.0 Å². The van der Waals surface area contributed by atoms with Crippen LogP contribution in [0.3, 0.4) is 0 Å². The summed E-state index contributed by atoms with van der Waals surface area (Å²) in [6.45, 7) is 6.74. The third kappa shape index (κ3) is 4.67. The van der Waals surface area contributed by atoms with Gasteiger partial charge in [0.1, 0.15) is 6.07 Å². The zero-order valence-corrected chi connectivity index (χ0v) is 16.3. The second-order valence-electron chi connectivity index (χ2n) is 7.72. The lowest BCUT2D eigenvalue weighted by atomic mass is 9.92. The molecule has 0 atom stereocenters. The monoisotopic (exact) mass is 368 g/mol. The van der Waals surface area contributed by atoms with Crippen molar-refractivity contribution >= 4 is 17.4 Å². The number of piperidine rings is 1. The highest BCUT2D eigenvalue weighted by molar-refractivity contribution is 5.95. The van der Waals surface area contributed by atoms with Gasteiger partial charge in [0.15, 0.2) is 5.78 Å². The number of benzene rings is 1. The summed E-state index contributed by atoms with van der Waals surface area (Å²) in [6.07, 6.45) is 2.50. The molecule has 27 heavy (non-hydrogen) atoms. The summed E-state index contributed by atoms with van der Waals surface area (Å²) in [5.41, 5.74) is 2.08. The van der Waals surface area contributed by atoms with Gasteiger partial charge in [0.2, 0.25) is 5.91 Å². The maximum Gasteiger partial charge on any atom is 0.222 e. The minimum absolute atomic E-state index is 0.00778. The number of anilines is 1. The van der Waals surface area contributed by atoms with Crippen molar-refractivity contribution in [3.8, 4) is 6.07 Å². The second-order valence-corrected chi connectivity index (χ2v) is 7.72. The van der Waals surface area contributed by atoms with E-state index in [2.05, 4.69) is 22.9 Å². The molecule has 0 radical (unpaired) electrons. The molecule has 1 amide bonds. The molecule has 0 saturated carbocycles. The number of rotatable bonds is 4. The fourth-order valence-corrected chi connectivity index (χ4v) is 3.92. The van der Waals surface area contributed by atoms with Crippen LogP contribution < -0.4 is 4.90 Å². The number of hydrogen-bond acceptors (Lipinski definition) is 5. The van der Waals surface area contributed by atoms with Crippen LogP contribution in [0, 0.1) is 17.2 Å². The van der Waals surface area contributed by atoms with Gasteiger partial charge in [-0.1, -0.05) is 0 Å². The average molecular weight is 368 g/mol. The van der Waals surface area contributed by atoms with Crippen LogP contribution in [0.2, 0.25) is 0 Å². The number of nitrogens with zero attached hydrogens (tertiary/aromatic N) is 4. The van der Waals surface area contributed by atoms with E-state index in [1.165, 1.54) is 0 Å². The minimum atomic E-state index is 0.00778. The third-order valence-electron chi connectivity index (χ3n) is 5.80. The molecule has 2 heterocycles. The summed E-state index contributed by atoms with van der Waals surface area (Å²) in [5, 5.41) is 9.40. The number of carbonyl (C=O) groups excluding carboxylic acids is 2. The average Bonchev–Trinajstić information content (AvgIpc) is 2.68. The van der Waals surface area contributed by atoms with E-state index in [4.69, 9.17) is 0 Å². The fourth-order valence-electron chi connectivity index (χ4n) is 3.92. The van der Waals surface area contributed by atoms with Crippen LogP contribution in [-0.4, -0.2) is 67.8 Å². The Morgan fingerprint density at radius 1 is 1.11 bits per heavy atom. The van der Waals surface area contributed by atoms with Crippen molar-refractivity contribution in [2.75, 3.05) is 51.2 Å². The molecule has 0 bridgehead atoms. The highest BCUT2D eigenvalue weighted by Crippen LogP contribution is 2.29. The van der Waals surface area contributed by atoms with Gasteiger partial charge in [0, 0.05) is 51.3 Å². The van der Waals surface area contributed by atoms with Crippen molar-refractivity contribution in [2.24, 2.45) is 5.92 Å². The summed E-state index contributed by atoms with van der Waals surface area (Å²) in [7, 11) is 2.09. The highest BCUT2D eigenvalue weighted by Gasteiger charge is 2.26. The number of amides is 1. The SMILES string of the molecule is CC(=O)c1ccc(C#N)c(N2CCC(CC(=O)N3CCN(C)CC3)CC2)c1. The van der Waals surface area contributed by atoms with Gasteiger partial charge in [-0.25, -0.2) is 0 Å². The molecule has 2 aliphatic rings. The molecule has 144 valence electrons. The van der Waals surface area contributed by atoms with E-state index in [9.17, 15) is 14.9 Å². The Labute approximate surface area is 161 Å². The van der Waals surface area contributed by atoms with Gasteiger partial charge in [0.25, 0.3) is 0 Å². The summed E-state index contributed by atoms with van der Waals surface area (Å²) < 4.78 is 0. The maximum atomic E-state index is 12.6. The first kappa shape index (κ1) is 19.4. The summed E-state index contributed by atoms with van der Waals surface area (Å²) in [5.74, 6) is 0.682. The molecule has 0 N–H and O–H groups in total. The molecule has 6 heteroatoms. The van der Waals surface area contributed by atoms with Crippen LogP contribution in [0.25, 0.3) is 0 Å². The van der Waals surface area contributed by atoms with E-state index in [0.29, 0.717) is 23.5 Å². The van der Waals surface area contributed by atoms with Crippen LogP contribution >= 0.6 is 0 Å². The fraction of sp³-hybridized carbons (Fsp3) is 0.571. The number of carbonyl (C=O) groups is 2. The quantitative estimate of drug-likeness (QED) is 0.762. The Hall–Kier alpha value is -2.39. The molecule has 1 aromatic rings. The third-order valence-corrected chi connectivity index (χ3v) is 5.80. The standard InChI is InChI=1S/C21H28N4O2/c1-16(26)18-3-4-19(15-22)20(14-18)24-7-5-17(6-8-24)13-21(27)25-11-9-23(2)10-12-25/h3-4,14,17H,5-13H2,1-2H3. The number of hydrogen-bond donors (Lipinski definition) is 0. The van der Waals surface area contributed by atoms with Crippen molar-refractivity contribution in [3.05, 3.63) is 29.3 Å². The highest BCUT2D eigenvalue weighted by atomic mass is 16.2. The number of nitriles is 1. The molecule has 0 aromatic heterocycles. The van der Waals surface area contributed by atoms with E-state index in [0.717, 1.165) is 57.8 Å². The molecule has 2 aliphatic heterocycles. The predicted octanol–water partition coefficient (Wildman–Crippen LogP) is 2.14. The normalized spacial score (nSPS) is 19.0.